The molecule has 0 aliphatic carbocycles. The zero-order chi connectivity index (χ0) is 14.5. The van der Waals surface area contributed by atoms with Gasteiger partial charge in [0.1, 0.15) is 0 Å². The molecule has 1 aromatic heterocycles. The van der Waals surface area contributed by atoms with Gasteiger partial charge in [-0.2, -0.15) is 0 Å². The van der Waals surface area contributed by atoms with Gasteiger partial charge in [0.15, 0.2) is 0 Å². The van der Waals surface area contributed by atoms with E-state index in [4.69, 9.17) is 0 Å². The van der Waals surface area contributed by atoms with Crippen molar-refractivity contribution in [1.82, 2.24) is 5.32 Å². The molecule has 2 aromatic rings. The van der Waals surface area contributed by atoms with E-state index < -0.39 is 10.8 Å². The molecule has 4 heteroatoms. The van der Waals surface area contributed by atoms with E-state index in [1.165, 1.54) is 11.1 Å². The Morgan fingerprint density at radius 3 is 2.30 bits per heavy atom. The summed E-state index contributed by atoms with van der Waals surface area (Å²) in [6.07, 6.45) is 0. The molecule has 1 aromatic carbocycles. The van der Waals surface area contributed by atoms with Crippen LogP contribution in [0.5, 0.6) is 0 Å². The lowest BCUT2D eigenvalue weighted by molar-refractivity contribution is 0.636. The third-order valence-electron chi connectivity index (χ3n) is 3.39. The van der Waals surface area contributed by atoms with Crippen LogP contribution in [0.15, 0.2) is 46.0 Å². The first-order chi connectivity index (χ1) is 9.61. The first kappa shape index (κ1) is 15.4. The molecule has 1 N–H and O–H groups in total. The van der Waals surface area contributed by atoms with Gasteiger partial charge in [0.25, 0.3) is 0 Å². The highest BCUT2D eigenvalue weighted by atomic mass is 32.2. The van der Waals surface area contributed by atoms with Crippen molar-refractivity contribution in [2.45, 2.75) is 30.0 Å². The van der Waals surface area contributed by atoms with Crippen LogP contribution in [0, 0.1) is 0 Å². The molecule has 0 fully saturated rings. The molecular weight excluding hydrogens is 286 g/mol. The molecule has 1 heterocycles. The molecule has 20 heavy (non-hydrogen) atoms. The maximum Gasteiger partial charge on any atom is 0.0911 e. The first-order valence-electron chi connectivity index (χ1n) is 6.80. The number of hydrogen-bond donors (Lipinski definition) is 1. The Balaban J connectivity index is 2.10. The van der Waals surface area contributed by atoms with Gasteiger partial charge in [-0.25, -0.2) is 0 Å². The Kier molecular flexibility index (Phi) is 5.52. The van der Waals surface area contributed by atoms with Gasteiger partial charge in [-0.1, -0.05) is 44.2 Å². The van der Waals surface area contributed by atoms with Crippen molar-refractivity contribution in [2.75, 3.05) is 12.8 Å². The van der Waals surface area contributed by atoms with E-state index in [2.05, 4.69) is 43.4 Å². The topological polar surface area (TPSA) is 29.1 Å². The van der Waals surface area contributed by atoms with Crippen molar-refractivity contribution in [3.63, 3.8) is 0 Å². The van der Waals surface area contributed by atoms with E-state index in [0.29, 0.717) is 11.7 Å². The van der Waals surface area contributed by atoms with Gasteiger partial charge in [0.2, 0.25) is 0 Å². The first-order valence-corrected chi connectivity index (χ1v) is 9.00. The molecule has 0 spiro atoms. The normalized spacial score (nSPS) is 14.4. The lowest BCUT2D eigenvalue weighted by atomic mass is 10.00. The molecule has 0 aliphatic rings. The van der Waals surface area contributed by atoms with Gasteiger partial charge in [-0.05, 0) is 35.5 Å². The van der Waals surface area contributed by atoms with Crippen molar-refractivity contribution in [3.05, 3.63) is 52.9 Å². The van der Waals surface area contributed by atoms with Crippen LogP contribution in [0.1, 0.15) is 36.9 Å². The van der Waals surface area contributed by atoms with E-state index in [0.717, 1.165) is 4.21 Å². The predicted molar refractivity (Wildman–Crippen MR) is 87.9 cm³/mol. The zero-order valence-electron chi connectivity index (χ0n) is 12.1. The maximum atomic E-state index is 12.3. The highest BCUT2D eigenvalue weighted by molar-refractivity contribution is 7.87. The highest BCUT2D eigenvalue weighted by Gasteiger charge is 2.15. The summed E-state index contributed by atoms with van der Waals surface area (Å²) in [5, 5.41) is 5.24. The minimum absolute atomic E-state index is 0.124. The second-order valence-corrected chi connectivity index (χ2v) is 7.78. The van der Waals surface area contributed by atoms with Gasteiger partial charge in [0, 0.05) is 11.8 Å². The van der Waals surface area contributed by atoms with Crippen LogP contribution in [0.2, 0.25) is 0 Å². The molecule has 0 saturated heterocycles. The molecule has 0 bridgehead atoms. The number of thiophene rings is 1. The monoisotopic (exact) mass is 307 g/mol. The fraction of sp³-hybridized carbons (Fsp3) is 0.375. The molecule has 0 radical (unpaired) electrons. The largest absolute Gasteiger partial charge is 0.312 e. The van der Waals surface area contributed by atoms with Crippen LogP contribution in [0.25, 0.3) is 0 Å². The van der Waals surface area contributed by atoms with Gasteiger partial charge < -0.3 is 5.32 Å². The second-order valence-electron chi connectivity index (χ2n) is 5.11. The molecule has 0 aliphatic heterocycles. The summed E-state index contributed by atoms with van der Waals surface area (Å²) in [5.74, 6) is 1.15. The van der Waals surface area contributed by atoms with Crippen LogP contribution in [-0.4, -0.2) is 17.0 Å². The van der Waals surface area contributed by atoms with E-state index >= 15 is 0 Å². The molecule has 2 atom stereocenters. The summed E-state index contributed by atoms with van der Waals surface area (Å²) >= 11 is 1.56. The number of benzene rings is 1. The van der Waals surface area contributed by atoms with Crippen LogP contribution in [0.3, 0.4) is 0 Å². The Morgan fingerprint density at radius 1 is 1.15 bits per heavy atom. The van der Waals surface area contributed by atoms with Gasteiger partial charge in [-0.15, -0.1) is 11.3 Å². The molecule has 0 saturated carbocycles. The smallest absolute Gasteiger partial charge is 0.0911 e. The lowest BCUT2D eigenvalue weighted by Crippen LogP contribution is -2.22. The van der Waals surface area contributed by atoms with Crippen LogP contribution < -0.4 is 5.32 Å². The number of nitrogens with one attached hydrogen (secondary N) is 1. The number of rotatable bonds is 6. The molecule has 2 rings (SSSR count). The summed E-state index contributed by atoms with van der Waals surface area (Å²) < 4.78 is 13.3. The Hall–Kier alpha value is -0.970. The van der Waals surface area contributed by atoms with Crippen LogP contribution >= 0.6 is 11.3 Å². The van der Waals surface area contributed by atoms with Gasteiger partial charge in [0.05, 0.1) is 15.0 Å². The van der Waals surface area contributed by atoms with Crippen molar-refractivity contribution in [1.29, 1.82) is 0 Å². The molecule has 2 nitrogen and oxygen atoms in total. The Bertz CT molecular complexity index is 546. The van der Waals surface area contributed by atoms with Crippen molar-refractivity contribution < 1.29 is 4.21 Å². The average Bonchev–Trinajstić information content (AvgIpc) is 2.99. The van der Waals surface area contributed by atoms with Crippen LogP contribution in [-0.2, 0) is 10.8 Å². The van der Waals surface area contributed by atoms with E-state index in [1.54, 1.807) is 11.3 Å². The van der Waals surface area contributed by atoms with Crippen LogP contribution in [0.4, 0.5) is 0 Å². The lowest BCUT2D eigenvalue weighted by Gasteiger charge is -2.17. The standard InChI is InChI=1S/C16H21NOS2/c1-12(2)13-6-8-14(9-7-13)15(17-3)11-20(18)16-5-4-10-19-16/h4-10,12,15,17H,11H2,1-3H3. The fourth-order valence-corrected chi connectivity index (χ4v) is 4.39. The van der Waals surface area contributed by atoms with E-state index in [9.17, 15) is 4.21 Å². The van der Waals surface area contributed by atoms with Crippen molar-refractivity contribution >= 4 is 22.1 Å². The quantitative estimate of drug-likeness (QED) is 0.876. The Morgan fingerprint density at radius 2 is 1.80 bits per heavy atom. The molecule has 108 valence electrons. The minimum atomic E-state index is -0.941. The fourth-order valence-electron chi connectivity index (χ4n) is 2.09. The summed E-state index contributed by atoms with van der Waals surface area (Å²) in [5.41, 5.74) is 2.53. The SMILES string of the molecule is CNC(CS(=O)c1cccs1)c1ccc(C(C)C)cc1. The predicted octanol–water partition coefficient (Wildman–Crippen LogP) is 3.94. The maximum absolute atomic E-state index is 12.3. The third kappa shape index (κ3) is 3.78. The second kappa shape index (κ2) is 7.16. The number of hydrogen-bond acceptors (Lipinski definition) is 3. The Labute approximate surface area is 127 Å². The molecule has 2 unspecified atom stereocenters. The third-order valence-corrected chi connectivity index (χ3v) is 6.12. The average molecular weight is 307 g/mol. The summed E-state index contributed by atoms with van der Waals surface area (Å²) in [6, 6.07) is 12.6. The summed E-state index contributed by atoms with van der Waals surface area (Å²) in [6.45, 7) is 4.38. The summed E-state index contributed by atoms with van der Waals surface area (Å²) in [7, 11) is 0.982. The van der Waals surface area contributed by atoms with Crippen molar-refractivity contribution in [2.24, 2.45) is 0 Å². The summed E-state index contributed by atoms with van der Waals surface area (Å²) in [4.78, 5) is 0. The van der Waals surface area contributed by atoms with Crippen molar-refractivity contribution in [3.8, 4) is 0 Å². The van der Waals surface area contributed by atoms with E-state index in [1.807, 2.05) is 24.6 Å². The highest BCUT2D eigenvalue weighted by Crippen LogP contribution is 2.22. The zero-order valence-corrected chi connectivity index (χ0v) is 13.8. The van der Waals surface area contributed by atoms with Gasteiger partial charge in [-0.3, -0.25) is 4.21 Å². The van der Waals surface area contributed by atoms with E-state index in [-0.39, 0.29) is 6.04 Å². The molecular formula is C16H21NOS2. The molecule has 0 amide bonds. The van der Waals surface area contributed by atoms with Gasteiger partial charge >= 0.3 is 0 Å². The minimum Gasteiger partial charge on any atom is -0.312 e.